The molecule has 0 radical (unpaired) electrons. The summed E-state index contributed by atoms with van der Waals surface area (Å²) in [5.74, 6) is -0.965. The van der Waals surface area contributed by atoms with Gasteiger partial charge in [0.15, 0.2) is 6.61 Å². The zero-order valence-electron chi connectivity index (χ0n) is 14.4. The van der Waals surface area contributed by atoms with Crippen LogP contribution in [0.1, 0.15) is 22.0 Å². The van der Waals surface area contributed by atoms with Crippen LogP contribution in [0, 0.1) is 5.82 Å². The average molecular weight is 409 g/mol. The summed E-state index contributed by atoms with van der Waals surface area (Å²) >= 11 is 1.42. The van der Waals surface area contributed by atoms with Gasteiger partial charge in [-0.25, -0.2) is 4.39 Å². The molecule has 1 atom stereocenters. The maximum atomic E-state index is 13.2. The number of hydrogen-bond acceptors (Lipinski definition) is 3. The van der Waals surface area contributed by atoms with Crippen LogP contribution >= 0.6 is 11.3 Å². The summed E-state index contributed by atoms with van der Waals surface area (Å²) in [5.41, 5.74) is -0.176. The van der Waals surface area contributed by atoms with E-state index in [1.165, 1.54) is 35.6 Å². The summed E-state index contributed by atoms with van der Waals surface area (Å²) in [5, 5.41) is 4.62. The zero-order chi connectivity index (χ0) is 20.1. The number of amides is 1. The minimum Gasteiger partial charge on any atom is -0.484 e. The first-order valence-corrected chi connectivity index (χ1v) is 9.09. The van der Waals surface area contributed by atoms with Crippen LogP contribution in [-0.4, -0.2) is 12.5 Å². The Hall–Kier alpha value is -2.87. The number of hydrogen-bond donors (Lipinski definition) is 1. The van der Waals surface area contributed by atoms with Gasteiger partial charge in [-0.3, -0.25) is 4.79 Å². The topological polar surface area (TPSA) is 38.3 Å². The lowest BCUT2D eigenvalue weighted by Crippen LogP contribution is -2.33. The van der Waals surface area contributed by atoms with E-state index in [1.807, 2.05) is 17.5 Å². The van der Waals surface area contributed by atoms with Crippen LogP contribution in [0.3, 0.4) is 0 Å². The fourth-order valence-corrected chi connectivity index (χ4v) is 3.35. The molecule has 0 saturated carbocycles. The lowest BCUT2D eigenvalue weighted by molar-refractivity contribution is -0.137. The Kier molecular flexibility index (Phi) is 5.99. The van der Waals surface area contributed by atoms with Gasteiger partial charge in [-0.1, -0.05) is 24.3 Å². The molecule has 1 aromatic heterocycles. The number of nitrogens with one attached hydrogen (secondary N) is 1. The molecule has 3 aromatic rings. The zero-order valence-corrected chi connectivity index (χ0v) is 15.2. The first-order chi connectivity index (χ1) is 13.3. The molecule has 1 heterocycles. The highest BCUT2D eigenvalue weighted by Crippen LogP contribution is 2.31. The smallest absolute Gasteiger partial charge is 0.416 e. The van der Waals surface area contributed by atoms with Gasteiger partial charge in [0.05, 0.1) is 11.6 Å². The highest BCUT2D eigenvalue weighted by molar-refractivity contribution is 7.10. The number of carbonyl (C=O) groups excluding carboxylic acids is 1. The molecular formula is C20H15F4NO2S. The second-order valence-corrected chi connectivity index (χ2v) is 6.86. The van der Waals surface area contributed by atoms with Crippen molar-refractivity contribution in [2.24, 2.45) is 0 Å². The van der Waals surface area contributed by atoms with Gasteiger partial charge in [-0.15, -0.1) is 11.3 Å². The van der Waals surface area contributed by atoms with Gasteiger partial charge in [-0.2, -0.15) is 13.2 Å². The van der Waals surface area contributed by atoms with Gasteiger partial charge in [0.1, 0.15) is 11.6 Å². The van der Waals surface area contributed by atoms with Crippen molar-refractivity contribution in [1.82, 2.24) is 5.32 Å². The Morgan fingerprint density at radius 2 is 1.82 bits per heavy atom. The molecule has 3 rings (SSSR count). The SMILES string of the molecule is O=C(COc1cccc(C(F)(F)F)c1)NC(c1ccc(F)cc1)c1cccs1. The van der Waals surface area contributed by atoms with Gasteiger partial charge in [0.25, 0.3) is 5.91 Å². The molecule has 8 heteroatoms. The Bertz CT molecular complexity index is 924. The molecule has 1 unspecified atom stereocenters. The molecule has 0 bridgehead atoms. The Morgan fingerprint density at radius 3 is 2.46 bits per heavy atom. The summed E-state index contributed by atoms with van der Waals surface area (Å²) in [6, 6.07) is 13.2. The molecule has 146 valence electrons. The third-order valence-electron chi connectivity index (χ3n) is 3.87. The maximum absolute atomic E-state index is 13.2. The van der Waals surface area contributed by atoms with E-state index < -0.39 is 36.1 Å². The summed E-state index contributed by atoms with van der Waals surface area (Å²) in [6.07, 6.45) is -4.49. The van der Waals surface area contributed by atoms with Crippen molar-refractivity contribution in [3.63, 3.8) is 0 Å². The van der Waals surface area contributed by atoms with Crippen molar-refractivity contribution in [3.05, 3.63) is 87.9 Å². The minimum absolute atomic E-state index is 0.0561. The standard InChI is InChI=1S/C20H15F4NO2S/c21-15-8-6-13(7-9-15)19(17-5-2-10-28-17)25-18(26)12-27-16-4-1-3-14(11-16)20(22,23)24/h1-11,19H,12H2,(H,25,26). The fourth-order valence-electron chi connectivity index (χ4n) is 2.54. The van der Waals surface area contributed by atoms with Gasteiger partial charge < -0.3 is 10.1 Å². The predicted octanol–water partition coefficient (Wildman–Crippen LogP) is 5.19. The molecule has 2 aromatic carbocycles. The van der Waals surface area contributed by atoms with Crippen LogP contribution in [0.5, 0.6) is 5.75 Å². The van der Waals surface area contributed by atoms with Crippen molar-refractivity contribution in [2.75, 3.05) is 6.61 Å². The van der Waals surface area contributed by atoms with Crippen LogP contribution in [0.15, 0.2) is 66.0 Å². The van der Waals surface area contributed by atoms with Crippen LogP contribution in [0.25, 0.3) is 0 Å². The molecule has 0 aliphatic carbocycles. The normalized spacial score (nSPS) is 12.4. The lowest BCUT2D eigenvalue weighted by Gasteiger charge is -2.18. The number of rotatable bonds is 6. The first kappa shape index (κ1) is 19.9. The summed E-state index contributed by atoms with van der Waals surface area (Å²) < 4.78 is 56.7. The molecule has 0 aliphatic heterocycles. The fraction of sp³-hybridized carbons (Fsp3) is 0.150. The quantitative estimate of drug-likeness (QED) is 0.569. The van der Waals surface area contributed by atoms with Crippen LogP contribution in [0.2, 0.25) is 0 Å². The van der Waals surface area contributed by atoms with E-state index in [-0.39, 0.29) is 5.75 Å². The predicted molar refractivity (Wildman–Crippen MR) is 97.6 cm³/mol. The molecule has 0 aliphatic rings. The molecule has 0 saturated heterocycles. The highest BCUT2D eigenvalue weighted by Gasteiger charge is 2.30. The number of alkyl halides is 3. The van der Waals surface area contributed by atoms with Crippen LogP contribution in [-0.2, 0) is 11.0 Å². The van der Waals surface area contributed by atoms with Crippen LogP contribution in [0.4, 0.5) is 17.6 Å². The number of benzene rings is 2. The van der Waals surface area contributed by atoms with Gasteiger partial charge in [0, 0.05) is 4.88 Å². The molecule has 3 nitrogen and oxygen atoms in total. The van der Waals surface area contributed by atoms with E-state index in [9.17, 15) is 22.4 Å². The molecule has 1 N–H and O–H groups in total. The third-order valence-corrected chi connectivity index (χ3v) is 4.80. The van der Waals surface area contributed by atoms with Crippen molar-refractivity contribution in [1.29, 1.82) is 0 Å². The molecule has 1 amide bonds. The summed E-state index contributed by atoms with van der Waals surface area (Å²) in [4.78, 5) is 13.1. The number of thiophene rings is 1. The first-order valence-electron chi connectivity index (χ1n) is 8.21. The Labute approximate surface area is 162 Å². The molecule has 0 spiro atoms. The van der Waals surface area contributed by atoms with Gasteiger partial charge >= 0.3 is 6.18 Å². The third kappa shape index (κ3) is 5.10. The monoisotopic (exact) mass is 409 g/mol. The number of carbonyl (C=O) groups is 1. The lowest BCUT2D eigenvalue weighted by atomic mass is 10.1. The number of ether oxygens (including phenoxy) is 1. The second kappa shape index (κ2) is 8.43. The van der Waals surface area contributed by atoms with E-state index in [2.05, 4.69) is 5.32 Å². The van der Waals surface area contributed by atoms with E-state index in [0.29, 0.717) is 5.56 Å². The molecule has 28 heavy (non-hydrogen) atoms. The molecular weight excluding hydrogens is 394 g/mol. The van der Waals surface area contributed by atoms with E-state index in [0.717, 1.165) is 17.0 Å². The second-order valence-electron chi connectivity index (χ2n) is 5.88. The van der Waals surface area contributed by atoms with Gasteiger partial charge in [-0.05, 0) is 47.3 Å². The van der Waals surface area contributed by atoms with Crippen molar-refractivity contribution in [2.45, 2.75) is 12.2 Å². The van der Waals surface area contributed by atoms with Gasteiger partial charge in [0.2, 0.25) is 0 Å². The van der Waals surface area contributed by atoms with Crippen molar-refractivity contribution < 1.29 is 27.1 Å². The van der Waals surface area contributed by atoms with Crippen LogP contribution < -0.4 is 10.1 Å². The largest absolute Gasteiger partial charge is 0.484 e. The highest BCUT2D eigenvalue weighted by atomic mass is 32.1. The van der Waals surface area contributed by atoms with E-state index in [1.54, 1.807) is 12.1 Å². The summed E-state index contributed by atoms with van der Waals surface area (Å²) in [6.45, 7) is -0.454. The average Bonchev–Trinajstić information content (AvgIpc) is 3.19. The van der Waals surface area contributed by atoms with E-state index >= 15 is 0 Å². The summed E-state index contributed by atoms with van der Waals surface area (Å²) in [7, 11) is 0. The maximum Gasteiger partial charge on any atom is 0.416 e. The molecule has 0 fully saturated rings. The number of halogens is 4. The Morgan fingerprint density at radius 1 is 1.07 bits per heavy atom. The minimum atomic E-state index is -4.49. The van der Waals surface area contributed by atoms with Crippen molar-refractivity contribution >= 4 is 17.2 Å². The van der Waals surface area contributed by atoms with Crippen molar-refractivity contribution in [3.8, 4) is 5.75 Å². The van der Waals surface area contributed by atoms with E-state index in [4.69, 9.17) is 4.74 Å². The Balaban J connectivity index is 1.69.